The van der Waals surface area contributed by atoms with Gasteiger partial charge < -0.3 is 29.0 Å². The Labute approximate surface area is 260 Å². The average Bonchev–Trinajstić information content (AvgIpc) is 3.56. The van der Waals surface area contributed by atoms with Crippen molar-refractivity contribution in [3.63, 3.8) is 0 Å². The molecule has 5 aromatic rings. The maximum absolute atomic E-state index is 13.2. The normalized spacial score (nSPS) is 13.9. The minimum absolute atomic E-state index is 0.104. The Morgan fingerprint density at radius 2 is 1.78 bits per heavy atom. The second-order valence-electron chi connectivity index (χ2n) is 11.2. The van der Waals surface area contributed by atoms with Crippen LogP contribution in [-0.4, -0.2) is 54.3 Å². The average molecular weight is 611 g/mol. The van der Waals surface area contributed by atoms with E-state index < -0.39 is 5.91 Å². The van der Waals surface area contributed by atoms with Gasteiger partial charge in [-0.2, -0.15) is 0 Å². The van der Waals surface area contributed by atoms with Gasteiger partial charge in [0, 0.05) is 41.5 Å². The van der Waals surface area contributed by atoms with Gasteiger partial charge in [0.25, 0.3) is 5.91 Å². The van der Waals surface area contributed by atoms with Crippen LogP contribution in [0.5, 0.6) is 23.0 Å². The number of rotatable bonds is 11. The van der Waals surface area contributed by atoms with Crippen molar-refractivity contribution in [2.24, 2.45) is 5.92 Å². The van der Waals surface area contributed by atoms with Crippen LogP contribution in [-0.2, 0) is 0 Å². The topological polar surface area (TPSA) is 99.0 Å². The number of hydrogen-bond acceptors (Lipinski definition) is 8. The highest BCUT2D eigenvalue weighted by molar-refractivity contribution is 6.03. The first-order valence-electron chi connectivity index (χ1n) is 15.1. The molecule has 10 heteroatoms. The van der Waals surface area contributed by atoms with Crippen molar-refractivity contribution < 1.29 is 27.9 Å². The monoisotopic (exact) mass is 610 g/mol. The molecule has 3 aromatic carbocycles. The van der Waals surface area contributed by atoms with E-state index in [1.165, 1.54) is 31.0 Å². The van der Waals surface area contributed by atoms with Crippen molar-refractivity contribution in [3.05, 3.63) is 90.5 Å². The lowest BCUT2D eigenvalue weighted by Crippen LogP contribution is -2.34. The van der Waals surface area contributed by atoms with Crippen molar-refractivity contribution in [1.82, 2.24) is 15.0 Å². The third-order valence-electron chi connectivity index (χ3n) is 7.95. The predicted octanol–water partition coefficient (Wildman–Crippen LogP) is 7.58. The number of anilines is 1. The van der Waals surface area contributed by atoms with Gasteiger partial charge in [0.1, 0.15) is 17.3 Å². The number of hydrogen-bond donors (Lipinski definition) is 1. The summed E-state index contributed by atoms with van der Waals surface area (Å²) in [5, 5.41) is 7.42. The molecular formula is C35H35FN4O5. The molecule has 6 rings (SSSR count). The van der Waals surface area contributed by atoms with Gasteiger partial charge >= 0.3 is 0 Å². The summed E-state index contributed by atoms with van der Waals surface area (Å²) in [5.74, 6) is 2.84. The lowest BCUT2D eigenvalue weighted by atomic mass is 9.99. The number of benzene rings is 3. The fraction of sp³-hybridized carbons (Fsp3) is 0.286. The Bertz CT molecular complexity index is 1750. The van der Waals surface area contributed by atoms with Gasteiger partial charge in [-0.25, -0.2) is 4.39 Å². The summed E-state index contributed by atoms with van der Waals surface area (Å²) in [6.45, 7) is 6.27. The molecule has 1 aliphatic heterocycles. The highest BCUT2D eigenvalue weighted by atomic mass is 19.1. The van der Waals surface area contributed by atoms with E-state index in [1.807, 2.05) is 12.1 Å². The van der Waals surface area contributed by atoms with Gasteiger partial charge in [-0.05, 0) is 98.9 Å². The molecule has 0 aliphatic carbocycles. The van der Waals surface area contributed by atoms with Crippen LogP contribution in [0.2, 0.25) is 0 Å². The van der Waals surface area contributed by atoms with Crippen molar-refractivity contribution in [1.29, 1.82) is 0 Å². The van der Waals surface area contributed by atoms with Crippen molar-refractivity contribution in [2.75, 3.05) is 38.7 Å². The van der Waals surface area contributed by atoms with E-state index in [-0.39, 0.29) is 11.5 Å². The standard InChI is InChI=1S/C35H35FN4O5/c1-23-13-17-40(18-14-23)16-3-19-43-34-21-29-28(20-33(34)42-2)31(12-15-37-29)44-27-10-8-26(9-11-27)38-35(41)30-22-32(45-39-30)24-4-6-25(36)7-5-24/h4-12,15,20-23H,3,13-14,16-19H2,1-2H3,(H,38,41). The molecular weight excluding hydrogens is 575 g/mol. The largest absolute Gasteiger partial charge is 0.493 e. The Kier molecular flexibility index (Phi) is 9.21. The minimum Gasteiger partial charge on any atom is -0.493 e. The zero-order valence-corrected chi connectivity index (χ0v) is 25.3. The molecule has 232 valence electrons. The Hall–Kier alpha value is -4.96. The molecule has 1 fully saturated rings. The van der Waals surface area contributed by atoms with Gasteiger partial charge in [-0.3, -0.25) is 9.78 Å². The van der Waals surface area contributed by atoms with E-state index in [4.69, 9.17) is 18.7 Å². The first kappa shape index (κ1) is 30.1. The number of carbonyl (C=O) groups is 1. The molecule has 2 aromatic heterocycles. The van der Waals surface area contributed by atoms with Crippen LogP contribution in [0.3, 0.4) is 0 Å². The molecule has 9 nitrogen and oxygen atoms in total. The third kappa shape index (κ3) is 7.41. The second-order valence-corrected chi connectivity index (χ2v) is 11.2. The number of fused-ring (bicyclic) bond motifs is 1. The van der Waals surface area contributed by atoms with E-state index in [2.05, 4.69) is 27.3 Å². The number of carbonyl (C=O) groups excluding carboxylic acids is 1. The summed E-state index contributed by atoms with van der Waals surface area (Å²) >= 11 is 0. The summed E-state index contributed by atoms with van der Waals surface area (Å²) in [6, 6.07) is 19.8. The van der Waals surface area contributed by atoms with Crippen molar-refractivity contribution in [2.45, 2.75) is 26.2 Å². The molecule has 0 saturated carbocycles. The number of methoxy groups -OCH3 is 1. The highest BCUT2D eigenvalue weighted by Crippen LogP contribution is 2.37. The fourth-order valence-corrected chi connectivity index (χ4v) is 5.31. The second kappa shape index (κ2) is 13.8. The van der Waals surface area contributed by atoms with Crippen molar-refractivity contribution in [3.8, 4) is 34.3 Å². The van der Waals surface area contributed by atoms with Gasteiger partial charge in [-0.15, -0.1) is 0 Å². The smallest absolute Gasteiger partial charge is 0.277 e. The molecule has 1 amide bonds. The van der Waals surface area contributed by atoms with Crippen LogP contribution in [0.25, 0.3) is 22.2 Å². The van der Waals surface area contributed by atoms with E-state index in [0.29, 0.717) is 46.6 Å². The number of amides is 1. The number of nitrogens with zero attached hydrogens (tertiary/aromatic N) is 3. The van der Waals surface area contributed by atoms with Crippen LogP contribution < -0.4 is 19.5 Å². The van der Waals surface area contributed by atoms with Gasteiger partial charge in [-0.1, -0.05) is 12.1 Å². The summed E-state index contributed by atoms with van der Waals surface area (Å²) < 4.78 is 36.5. The Morgan fingerprint density at radius 1 is 1.00 bits per heavy atom. The summed E-state index contributed by atoms with van der Waals surface area (Å²) in [7, 11) is 1.62. The molecule has 0 radical (unpaired) electrons. The zero-order chi connectivity index (χ0) is 31.2. The molecule has 3 heterocycles. The van der Waals surface area contributed by atoms with Gasteiger partial charge in [0.05, 0.1) is 19.2 Å². The van der Waals surface area contributed by atoms with Crippen LogP contribution in [0.1, 0.15) is 36.7 Å². The SMILES string of the molecule is COc1cc2c(Oc3ccc(NC(=O)c4cc(-c5ccc(F)cc5)on4)cc3)ccnc2cc1OCCCN1CCC(C)CC1. The number of aromatic nitrogens is 2. The number of ether oxygens (including phenoxy) is 3. The molecule has 1 saturated heterocycles. The quantitative estimate of drug-likeness (QED) is 0.153. The Balaban J connectivity index is 1.07. The number of likely N-dealkylation sites (tertiary alicyclic amines) is 1. The summed E-state index contributed by atoms with van der Waals surface area (Å²) in [4.78, 5) is 19.8. The first-order chi connectivity index (χ1) is 21.9. The van der Waals surface area contributed by atoms with Crippen LogP contribution in [0.15, 0.2) is 83.5 Å². The third-order valence-corrected chi connectivity index (χ3v) is 7.95. The maximum Gasteiger partial charge on any atom is 0.277 e. The van der Waals surface area contributed by atoms with E-state index in [0.717, 1.165) is 42.9 Å². The molecule has 0 atom stereocenters. The number of nitrogens with one attached hydrogen (secondary N) is 1. The highest BCUT2D eigenvalue weighted by Gasteiger charge is 2.17. The first-order valence-corrected chi connectivity index (χ1v) is 15.1. The van der Waals surface area contributed by atoms with E-state index in [9.17, 15) is 9.18 Å². The molecule has 0 unspecified atom stereocenters. The molecule has 0 bridgehead atoms. The number of pyridine rings is 1. The Morgan fingerprint density at radius 3 is 2.53 bits per heavy atom. The van der Waals surface area contributed by atoms with Crippen LogP contribution in [0, 0.1) is 11.7 Å². The summed E-state index contributed by atoms with van der Waals surface area (Å²) in [5.41, 5.74) is 2.00. The minimum atomic E-state index is -0.438. The van der Waals surface area contributed by atoms with Crippen molar-refractivity contribution >= 4 is 22.5 Å². The molecule has 0 spiro atoms. The van der Waals surface area contributed by atoms with Crippen LogP contribution >= 0.6 is 0 Å². The lowest BCUT2D eigenvalue weighted by Gasteiger charge is -2.30. The number of piperidine rings is 1. The maximum atomic E-state index is 13.2. The summed E-state index contributed by atoms with van der Waals surface area (Å²) in [6.07, 6.45) is 5.17. The van der Waals surface area contributed by atoms with Gasteiger partial charge in [0.2, 0.25) is 0 Å². The molecule has 1 aliphatic rings. The van der Waals surface area contributed by atoms with Gasteiger partial charge in [0.15, 0.2) is 23.0 Å². The van der Waals surface area contributed by atoms with E-state index in [1.54, 1.807) is 55.8 Å². The zero-order valence-electron chi connectivity index (χ0n) is 25.3. The van der Waals surface area contributed by atoms with Crippen LogP contribution in [0.4, 0.5) is 10.1 Å². The molecule has 1 N–H and O–H groups in total. The molecule has 45 heavy (non-hydrogen) atoms. The number of halogens is 1. The predicted molar refractivity (Wildman–Crippen MR) is 170 cm³/mol. The van der Waals surface area contributed by atoms with E-state index >= 15 is 0 Å². The lowest BCUT2D eigenvalue weighted by molar-refractivity contribution is 0.101. The fourth-order valence-electron chi connectivity index (χ4n) is 5.31.